The molecule has 6 nitrogen and oxygen atoms in total. The first kappa shape index (κ1) is 25.5. The number of nitrogens with zero attached hydrogens (tertiary/aromatic N) is 1. The number of ketones is 2. The third kappa shape index (κ3) is 5.15. The Bertz CT molecular complexity index is 1480. The van der Waals surface area contributed by atoms with Crippen molar-refractivity contribution in [1.82, 2.24) is 4.57 Å². The zero-order valence-electron chi connectivity index (χ0n) is 21.5. The van der Waals surface area contributed by atoms with Gasteiger partial charge >= 0.3 is 0 Å². The lowest BCUT2D eigenvalue weighted by Gasteiger charge is -2.18. The molecule has 0 saturated carbocycles. The molecule has 0 aliphatic carbocycles. The number of fused-ring (bicyclic) bond motifs is 3. The fourth-order valence-corrected chi connectivity index (χ4v) is 4.66. The van der Waals surface area contributed by atoms with Crippen LogP contribution in [0.2, 0.25) is 0 Å². The van der Waals surface area contributed by atoms with E-state index in [-0.39, 0.29) is 17.7 Å². The maximum Gasteiger partial charge on any atom is 0.193 e. The number of hydrogen-bond donors (Lipinski definition) is 1. The second-order valence-corrected chi connectivity index (χ2v) is 9.38. The molecule has 0 fully saturated rings. The highest BCUT2D eigenvalue weighted by Gasteiger charge is 2.19. The van der Waals surface area contributed by atoms with E-state index in [1.165, 1.54) is 0 Å². The smallest absolute Gasteiger partial charge is 0.193 e. The van der Waals surface area contributed by atoms with E-state index in [2.05, 4.69) is 4.57 Å². The maximum atomic E-state index is 13.2. The molecule has 0 radical (unpaired) electrons. The summed E-state index contributed by atoms with van der Waals surface area (Å²) in [5.74, 6) is -0.114. The molecule has 0 aliphatic heterocycles. The Labute approximate surface area is 221 Å². The van der Waals surface area contributed by atoms with Crippen molar-refractivity contribution >= 4 is 33.4 Å². The van der Waals surface area contributed by atoms with E-state index in [1.807, 2.05) is 104 Å². The van der Waals surface area contributed by atoms with E-state index >= 15 is 0 Å². The van der Waals surface area contributed by atoms with Crippen LogP contribution in [0.4, 0.5) is 0 Å². The molecule has 2 unspecified atom stereocenters. The Balaban J connectivity index is 1.60. The minimum absolute atomic E-state index is 0.0569. The maximum absolute atomic E-state index is 13.2. The quantitative estimate of drug-likeness (QED) is 0.197. The zero-order chi connectivity index (χ0) is 26.6. The van der Waals surface area contributed by atoms with Crippen LogP contribution in [0.25, 0.3) is 21.8 Å². The third-order valence-electron chi connectivity index (χ3n) is 6.77. The fraction of sp³-hybridized carbons (Fsp3) is 0.188. The van der Waals surface area contributed by atoms with Gasteiger partial charge in [-0.25, -0.2) is 0 Å². The average molecular weight is 507 g/mol. The zero-order valence-corrected chi connectivity index (χ0v) is 21.5. The summed E-state index contributed by atoms with van der Waals surface area (Å²) >= 11 is 0. The molecule has 0 saturated heterocycles. The highest BCUT2D eigenvalue weighted by Crippen LogP contribution is 2.32. The van der Waals surface area contributed by atoms with Crippen LogP contribution in [0.15, 0.2) is 97.1 Å². The molecule has 2 N–H and O–H groups in total. The van der Waals surface area contributed by atoms with E-state index in [9.17, 15) is 9.59 Å². The van der Waals surface area contributed by atoms with E-state index in [4.69, 9.17) is 15.2 Å². The average Bonchev–Trinajstić information content (AvgIpc) is 3.27. The van der Waals surface area contributed by atoms with Crippen molar-refractivity contribution in [1.29, 1.82) is 0 Å². The van der Waals surface area contributed by atoms with E-state index < -0.39 is 6.23 Å². The number of carbonyl (C=O) groups is 2. The van der Waals surface area contributed by atoms with Crippen LogP contribution in [-0.4, -0.2) is 42.2 Å². The van der Waals surface area contributed by atoms with Gasteiger partial charge in [-0.3, -0.25) is 9.59 Å². The molecule has 192 valence electrons. The summed E-state index contributed by atoms with van der Waals surface area (Å²) in [5, 5.41) is 1.75. The van der Waals surface area contributed by atoms with Gasteiger partial charge in [0.1, 0.15) is 6.23 Å². The van der Waals surface area contributed by atoms with Crippen molar-refractivity contribution in [3.8, 4) is 0 Å². The van der Waals surface area contributed by atoms with Gasteiger partial charge in [-0.15, -0.1) is 0 Å². The van der Waals surface area contributed by atoms with Gasteiger partial charge in [0.25, 0.3) is 0 Å². The van der Waals surface area contributed by atoms with Crippen molar-refractivity contribution in [2.75, 3.05) is 13.7 Å². The monoisotopic (exact) mass is 506 g/mol. The summed E-state index contributed by atoms with van der Waals surface area (Å²) in [6, 6.07) is 29.8. The standard InChI is InChI=1S/C32H30N2O4/c1-21(37-2)20-38-30(33)19-34-28-15-13-24(31(35)22-9-5-3-6-10-22)17-26(28)27-18-25(14-16-29(27)34)32(36)23-11-7-4-8-12-23/h3-18,21,30H,19-20,33H2,1-2H3. The molecule has 5 rings (SSSR count). The lowest BCUT2D eigenvalue weighted by molar-refractivity contribution is -0.0224. The minimum Gasteiger partial charge on any atom is -0.379 e. The summed E-state index contributed by atoms with van der Waals surface area (Å²) in [7, 11) is 1.63. The highest BCUT2D eigenvalue weighted by atomic mass is 16.5. The van der Waals surface area contributed by atoms with Crippen molar-refractivity contribution in [2.45, 2.75) is 25.8 Å². The lowest BCUT2D eigenvalue weighted by Crippen LogP contribution is -2.32. The molecular formula is C32H30N2O4. The van der Waals surface area contributed by atoms with Gasteiger partial charge < -0.3 is 19.8 Å². The number of ether oxygens (including phenoxy) is 2. The Kier molecular flexibility index (Phi) is 7.47. The minimum atomic E-state index is -0.567. The van der Waals surface area contributed by atoms with E-state index in [0.717, 1.165) is 21.8 Å². The Morgan fingerprint density at radius 2 is 1.21 bits per heavy atom. The largest absolute Gasteiger partial charge is 0.379 e. The van der Waals surface area contributed by atoms with Crippen LogP contribution in [0, 0.1) is 0 Å². The molecule has 5 aromatic rings. The Morgan fingerprint density at radius 3 is 1.66 bits per heavy atom. The van der Waals surface area contributed by atoms with E-state index in [1.54, 1.807) is 7.11 Å². The molecule has 38 heavy (non-hydrogen) atoms. The number of nitrogens with two attached hydrogens (primary N) is 1. The van der Waals surface area contributed by atoms with Gasteiger partial charge in [-0.1, -0.05) is 60.7 Å². The molecule has 0 aliphatic rings. The number of hydrogen-bond acceptors (Lipinski definition) is 5. The molecule has 0 amide bonds. The first-order chi connectivity index (χ1) is 18.5. The van der Waals surface area contributed by atoms with Crippen LogP contribution in [0.1, 0.15) is 38.8 Å². The first-order valence-corrected chi connectivity index (χ1v) is 12.6. The second kappa shape index (κ2) is 11.1. The number of rotatable bonds is 10. The Hall–Kier alpha value is -4.10. The van der Waals surface area contributed by atoms with Gasteiger partial charge in [0, 0.05) is 51.2 Å². The van der Waals surface area contributed by atoms with Crippen LogP contribution in [0.5, 0.6) is 0 Å². The van der Waals surface area contributed by atoms with Gasteiger partial charge in [-0.2, -0.15) is 0 Å². The lowest BCUT2D eigenvalue weighted by atomic mass is 9.99. The van der Waals surface area contributed by atoms with Crippen LogP contribution < -0.4 is 5.73 Å². The Morgan fingerprint density at radius 1 is 0.737 bits per heavy atom. The third-order valence-corrected chi connectivity index (χ3v) is 6.77. The number of carbonyl (C=O) groups excluding carboxylic acids is 2. The van der Waals surface area contributed by atoms with E-state index in [0.29, 0.717) is 35.4 Å². The molecule has 0 spiro atoms. The van der Waals surface area contributed by atoms with Gasteiger partial charge in [-0.05, 0) is 43.3 Å². The molecule has 4 aromatic carbocycles. The molecular weight excluding hydrogens is 476 g/mol. The summed E-state index contributed by atoms with van der Waals surface area (Å²) in [4.78, 5) is 26.5. The summed E-state index contributed by atoms with van der Waals surface area (Å²) in [6.07, 6.45) is -0.639. The molecule has 1 heterocycles. The normalized spacial score (nSPS) is 13.0. The summed E-state index contributed by atoms with van der Waals surface area (Å²) < 4.78 is 13.2. The molecule has 2 atom stereocenters. The molecule has 0 bridgehead atoms. The van der Waals surface area contributed by atoms with Gasteiger partial charge in [0.15, 0.2) is 11.6 Å². The summed E-state index contributed by atoms with van der Waals surface area (Å²) in [5.41, 5.74) is 10.6. The first-order valence-electron chi connectivity index (χ1n) is 12.6. The van der Waals surface area contributed by atoms with Crippen LogP contribution in [0.3, 0.4) is 0 Å². The fourth-order valence-electron chi connectivity index (χ4n) is 4.66. The SMILES string of the molecule is COC(C)COC(N)Cn1c2ccc(C(=O)c3ccccc3)cc2c2cc(C(=O)c3ccccc3)ccc21. The second-order valence-electron chi connectivity index (χ2n) is 9.38. The topological polar surface area (TPSA) is 83.6 Å². The van der Waals surface area contributed by atoms with Crippen LogP contribution >= 0.6 is 0 Å². The molecule has 6 heteroatoms. The number of methoxy groups -OCH3 is 1. The van der Waals surface area contributed by atoms with Crippen molar-refractivity contribution in [2.24, 2.45) is 5.73 Å². The number of aromatic nitrogens is 1. The van der Waals surface area contributed by atoms with Crippen molar-refractivity contribution in [3.05, 3.63) is 119 Å². The molecule has 1 aromatic heterocycles. The van der Waals surface area contributed by atoms with Gasteiger partial charge in [0.05, 0.1) is 19.3 Å². The van der Waals surface area contributed by atoms with Crippen molar-refractivity contribution < 1.29 is 19.1 Å². The predicted molar refractivity (Wildman–Crippen MR) is 150 cm³/mol. The van der Waals surface area contributed by atoms with Crippen molar-refractivity contribution in [3.63, 3.8) is 0 Å². The predicted octanol–water partition coefficient (Wildman–Crippen LogP) is 5.59. The highest BCUT2D eigenvalue weighted by molar-refractivity contribution is 6.17. The number of benzene rings is 4. The van der Waals surface area contributed by atoms with Gasteiger partial charge in [0.2, 0.25) is 0 Å². The summed E-state index contributed by atoms with van der Waals surface area (Å²) in [6.45, 7) is 2.69. The van der Waals surface area contributed by atoms with Crippen LogP contribution in [-0.2, 0) is 16.0 Å².